The van der Waals surface area contributed by atoms with Crippen LogP contribution in [-0.2, 0) is 6.42 Å². The van der Waals surface area contributed by atoms with Crippen molar-refractivity contribution in [3.05, 3.63) is 59.8 Å². The average Bonchev–Trinajstić information content (AvgIpc) is 3.29. The first-order valence-corrected chi connectivity index (χ1v) is 10.4. The van der Waals surface area contributed by atoms with Gasteiger partial charge in [0.1, 0.15) is 5.01 Å². The van der Waals surface area contributed by atoms with E-state index in [-0.39, 0.29) is 6.04 Å². The molecule has 0 radical (unpaired) electrons. The third-order valence-electron chi connectivity index (χ3n) is 5.08. The highest BCUT2D eigenvalue weighted by molar-refractivity contribution is 7.18. The predicted octanol–water partition coefficient (Wildman–Crippen LogP) is 3.94. The molecule has 0 spiro atoms. The molecule has 1 atom stereocenters. The second-order valence-corrected chi connectivity index (χ2v) is 8.36. The molecule has 7 heteroatoms. The maximum absolute atomic E-state index is 6.26. The molecule has 1 fully saturated rings. The molecule has 2 aromatic carbocycles. The van der Waals surface area contributed by atoms with E-state index in [4.69, 9.17) is 5.73 Å². The average molecular weight is 391 g/mol. The van der Waals surface area contributed by atoms with Gasteiger partial charge in [-0.25, -0.2) is 0 Å². The highest BCUT2D eigenvalue weighted by Crippen LogP contribution is 2.42. The summed E-state index contributed by atoms with van der Waals surface area (Å²) in [6.45, 7) is 0.663. The zero-order valence-electron chi connectivity index (χ0n) is 15.4. The third-order valence-corrected chi connectivity index (χ3v) is 6.01. The number of fused-ring (bicyclic) bond motifs is 1. The Morgan fingerprint density at radius 1 is 1.14 bits per heavy atom. The second-order valence-electron chi connectivity index (χ2n) is 7.39. The first-order chi connectivity index (χ1) is 13.8. The van der Waals surface area contributed by atoms with Crippen molar-refractivity contribution in [2.45, 2.75) is 31.2 Å². The lowest BCUT2D eigenvalue weighted by Crippen LogP contribution is -2.31. The van der Waals surface area contributed by atoms with Gasteiger partial charge in [-0.3, -0.25) is 5.10 Å². The first kappa shape index (κ1) is 17.3. The molecule has 1 saturated carbocycles. The molecule has 1 aliphatic carbocycles. The molecule has 2 heterocycles. The van der Waals surface area contributed by atoms with Gasteiger partial charge in [0.15, 0.2) is 0 Å². The standard InChI is InChI=1S/C21H22N6S/c22-16(10-13-4-2-1-3-5-13)12-23-21-27-26-20(28-21)15-8-9-18-17(11-15)19(25-24-18)14-6-7-14/h1-5,8-9,11,14,16H,6-7,10,12,22H2,(H,23,27)(H,24,25). The maximum atomic E-state index is 6.26. The SMILES string of the molecule is NC(CNc1nnc(-c2ccc3[nH]nc(C4CC4)c3c2)s1)Cc1ccccc1. The van der Waals surface area contributed by atoms with E-state index in [1.807, 2.05) is 18.2 Å². The molecule has 4 N–H and O–H groups in total. The lowest BCUT2D eigenvalue weighted by atomic mass is 10.1. The predicted molar refractivity (Wildman–Crippen MR) is 114 cm³/mol. The number of nitrogens with zero attached hydrogens (tertiary/aromatic N) is 3. The molecular weight excluding hydrogens is 368 g/mol. The van der Waals surface area contributed by atoms with E-state index >= 15 is 0 Å². The first-order valence-electron chi connectivity index (χ1n) is 9.61. The summed E-state index contributed by atoms with van der Waals surface area (Å²) in [6.07, 6.45) is 3.31. The highest BCUT2D eigenvalue weighted by atomic mass is 32.1. The van der Waals surface area contributed by atoms with Crippen LogP contribution in [0.3, 0.4) is 0 Å². The van der Waals surface area contributed by atoms with E-state index in [1.54, 1.807) is 11.3 Å². The van der Waals surface area contributed by atoms with Crippen LogP contribution in [0, 0.1) is 0 Å². The normalized spacial score (nSPS) is 15.0. The van der Waals surface area contributed by atoms with Crippen LogP contribution in [0.5, 0.6) is 0 Å². The van der Waals surface area contributed by atoms with Crippen LogP contribution < -0.4 is 11.1 Å². The number of hydrogen-bond donors (Lipinski definition) is 3. The topological polar surface area (TPSA) is 92.5 Å². The Bertz CT molecular complexity index is 1080. The molecule has 6 nitrogen and oxygen atoms in total. The number of nitrogens with one attached hydrogen (secondary N) is 2. The number of aromatic amines is 1. The largest absolute Gasteiger partial charge is 0.359 e. The van der Waals surface area contributed by atoms with Gasteiger partial charge in [-0.05, 0) is 43.0 Å². The van der Waals surface area contributed by atoms with Gasteiger partial charge in [0.05, 0.1) is 11.2 Å². The van der Waals surface area contributed by atoms with Gasteiger partial charge in [0, 0.05) is 29.5 Å². The van der Waals surface area contributed by atoms with Crippen molar-refractivity contribution in [2.75, 3.05) is 11.9 Å². The molecule has 1 aliphatic rings. The molecule has 4 aromatic rings. The van der Waals surface area contributed by atoms with Crippen LogP contribution in [-0.4, -0.2) is 33.0 Å². The van der Waals surface area contributed by atoms with Crippen molar-refractivity contribution >= 4 is 27.4 Å². The molecule has 0 bridgehead atoms. The van der Waals surface area contributed by atoms with Crippen molar-refractivity contribution in [3.8, 4) is 10.6 Å². The van der Waals surface area contributed by atoms with Crippen molar-refractivity contribution in [1.82, 2.24) is 20.4 Å². The van der Waals surface area contributed by atoms with E-state index in [2.05, 4.69) is 56.0 Å². The molecule has 28 heavy (non-hydrogen) atoms. The van der Waals surface area contributed by atoms with Crippen molar-refractivity contribution in [3.63, 3.8) is 0 Å². The number of anilines is 1. The van der Waals surface area contributed by atoms with Crippen LogP contribution >= 0.6 is 11.3 Å². The Hall–Kier alpha value is -2.77. The van der Waals surface area contributed by atoms with E-state index < -0.39 is 0 Å². The fourth-order valence-corrected chi connectivity index (χ4v) is 4.20. The number of aromatic nitrogens is 4. The van der Waals surface area contributed by atoms with Gasteiger partial charge in [-0.2, -0.15) is 5.10 Å². The van der Waals surface area contributed by atoms with E-state index in [0.717, 1.165) is 27.6 Å². The lowest BCUT2D eigenvalue weighted by molar-refractivity contribution is 0.698. The Morgan fingerprint density at radius 2 is 2.00 bits per heavy atom. The molecule has 142 valence electrons. The number of hydrogen-bond acceptors (Lipinski definition) is 6. The Kier molecular flexibility index (Phi) is 4.54. The summed E-state index contributed by atoms with van der Waals surface area (Å²) in [5, 5.41) is 22.5. The van der Waals surface area contributed by atoms with Crippen molar-refractivity contribution in [2.24, 2.45) is 5.73 Å². The van der Waals surface area contributed by atoms with Crippen LogP contribution in [0.25, 0.3) is 21.5 Å². The van der Waals surface area contributed by atoms with Gasteiger partial charge in [-0.1, -0.05) is 41.7 Å². The maximum Gasteiger partial charge on any atom is 0.206 e. The number of nitrogens with two attached hydrogens (primary N) is 1. The molecule has 0 saturated heterocycles. The quantitative estimate of drug-likeness (QED) is 0.444. The second kappa shape index (κ2) is 7.33. The smallest absolute Gasteiger partial charge is 0.206 e. The Labute approximate surface area is 167 Å². The lowest BCUT2D eigenvalue weighted by Gasteiger charge is -2.11. The third kappa shape index (κ3) is 3.63. The highest BCUT2D eigenvalue weighted by Gasteiger charge is 2.28. The summed E-state index contributed by atoms with van der Waals surface area (Å²) < 4.78 is 0. The van der Waals surface area contributed by atoms with Gasteiger partial charge < -0.3 is 11.1 Å². The number of H-pyrrole nitrogens is 1. The minimum atomic E-state index is 0.0260. The van der Waals surface area contributed by atoms with Gasteiger partial charge >= 0.3 is 0 Å². The summed E-state index contributed by atoms with van der Waals surface area (Å²) in [5.74, 6) is 0.613. The van der Waals surface area contributed by atoms with Crippen molar-refractivity contribution < 1.29 is 0 Å². The van der Waals surface area contributed by atoms with Gasteiger partial charge in [-0.15, -0.1) is 10.2 Å². The number of benzene rings is 2. The summed E-state index contributed by atoms with van der Waals surface area (Å²) in [5.41, 5.74) is 10.9. The van der Waals surface area contributed by atoms with E-state index in [1.165, 1.54) is 29.5 Å². The van der Waals surface area contributed by atoms with E-state index in [0.29, 0.717) is 12.5 Å². The minimum absolute atomic E-state index is 0.0260. The monoisotopic (exact) mass is 390 g/mol. The molecule has 0 aliphatic heterocycles. The summed E-state index contributed by atoms with van der Waals surface area (Å²) >= 11 is 1.56. The van der Waals surface area contributed by atoms with Crippen LogP contribution in [0.4, 0.5) is 5.13 Å². The minimum Gasteiger partial charge on any atom is -0.359 e. The molecule has 5 rings (SSSR count). The van der Waals surface area contributed by atoms with Crippen LogP contribution in [0.15, 0.2) is 48.5 Å². The molecule has 1 unspecified atom stereocenters. The van der Waals surface area contributed by atoms with Gasteiger partial charge in [0.2, 0.25) is 5.13 Å². The molecule has 0 amide bonds. The fraction of sp³-hybridized carbons (Fsp3) is 0.286. The van der Waals surface area contributed by atoms with Crippen LogP contribution in [0.2, 0.25) is 0 Å². The zero-order chi connectivity index (χ0) is 18.9. The summed E-state index contributed by atoms with van der Waals surface area (Å²) in [7, 11) is 0. The Morgan fingerprint density at radius 3 is 2.82 bits per heavy atom. The Balaban J connectivity index is 1.27. The van der Waals surface area contributed by atoms with Crippen LogP contribution in [0.1, 0.15) is 30.0 Å². The summed E-state index contributed by atoms with van der Waals surface area (Å²) in [6, 6.07) is 16.7. The fourth-order valence-electron chi connectivity index (χ4n) is 3.45. The number of rotatable bonds is 7. The zero-order valence-corrected chi connectivity index (χ0v) is 16.2. The van der Waals surface area contributed by atoms with Gasteiger partial charge in [0.25, 0.3) is 0 Å². The summed E-state index contributed by atoms with van der Waals surface area (Å²) in [4.78, 5) is 0. The molecular formula is C21H22N6S. The molecule has 2 aromatic heterocycles. The van der Waals surface area contributed by atoms with E-state index in [9.17, 15) is 0 Å². The van der Waals surface area contributed by atoms with Crippen molar-refractivity contribution in [1.29, 1.82) is 0 Å².